The second-order valence-electron chi connectivity index (χ2n) is 5.49. The van der Waals surface area contributed by atoms with Crippen molar-refractivity contribution in [2.24, 2.45) is 0 Å². The molecule has 0 saturated heterocycles. The first-order valence-corrected chi connectivity index (χ1v) is 7.69. The van der Waals surface area contributed by atoms with Gasteiger partial charge in [-0.15, -0.1) is 0 Å². The molecule has 1 heterocycles. The molecule has 26 heavy (non-hydrogen) atoms. The largest absolute Gasteiger partial charge is 0.504 e. The number of carbonyl (C=O) groups is 1. The van der Waals surface area contributed by atoms with E-state index in [0.29, 0.717) is 5.56 Å². The summed E-state index contributed by atoms with van der Waals surface area (Å²) in [6, 6.07) is 5.53. The summed E-state index contributed by atoms with van der Waals surface area (Å²) in [4.78, 5) is 23.9. The van der Waals surface area contributed by atoms with E-state index in [0.717, 1.165) is 6.07 Å². The van der Waals surface area contributed by atoms with E-state index in [1.165, 1.54) is 39.5 Å². The molecule has 0 aliphatic heterocycles. The Kier molecular flexibility index (Phi) is 6.24. The summed E-state index contributed by atoms with van der Waals surface area (Å²) in [5.74, 6) is -1.82. The smallest absolute Gasteiger partial charge is 0.306 e. The predicted molar refractivity (Wildman–Crippen MR) is 90.5 cm³/mol. The van der Waals surface area contributed by atoms with Gasteiger partial charge in [0.1, 0.15) is 12.4 Å². The number of esters is 1. The van der Waals surface area contributed by atoms with E-state index in [1.807, 2.05) is 0 Å². The number of aromatic hydroxyl groups is 2. The van der Waals surface area contributed by atoms with Crippen LogP contribution in [-0.2, 0) is 20.9 Å². The minimum absolute atomic E-state index is 0.0202. The molecular weight excluding hydrogens is 344 g/mol. The van der Waals surface area contributed by atoms with Crippen LogP contribution in [0.4, 0.5) is 0 Å². The number of hydrogen-bond donors (Lipinski definition) is 2. The van der Waals surface area contributed by atoms with Gasteiger partial charge in [0.05, 0.1) is 26.6 Å². The molecule has 1 atom stereocenters. The van der Waals surface area contributed by atoms with Gasteiger partial charge in [0, 0.05) is 13.2 Å². The Morgan fingerprint density at radius 2 is 1.92 bits per heavy atom. The van der Waals surface area contributed by atoms with Crippen LogP contribution in [0.15, 0.2) is 33.5 Å². The monoisotopic (exact) mass is 364 g/mol. The molecule has 0 aliphatic carbocycles. The van der Waals surface area contributed by atoms with Crippen molar-refractivity contribution in [1.29, 1.82) is 0 Å². The summed E-state index contributed by atoms with van der Waals surface area (Å²) < 4.78 is 20.4. The number of benzene rings is 1. The number of methoxy groups -OCH3 is 3. The third-order valence-electron chi connectivity index (χ3n) is 3.81. The molecule has 8 heteroatoms. The van der Waals surface area contributed by atoms with E-state index >= 15 is 0 Å². The molecule has 0 fully saturated rings. The van der Waals surface area contributed by atoms with E-state index in [9.17, 15) is 19.8 Å². The number of phenolic OH excluding ortho intramolecular Hbond substituents is 1. The van der Waals surface area contributed by atoms with Crippen molar-refractivity contribution in [1.82, 2.24) is 0 Å². The van der Waals surface area contributed by atoms with Crippen molar-refractivity contribution >= 4 is 5.97 Å². The number of carbonyl (C=O) groups excluding carboxylic acids is 1. The second kappa shape index (κ2) is 8.39. The Morgan fingerprint density at radius 1 is 1.19 bits per heavy atom. The third kappa shape index (κ3) is 4.15. The van der Waals surface area contributed by atoms with Gasteiger partial charge in [0.15, 0.2) is 17.3 Å². The minimum atomic E-state index is -0.832. The van der Waals surface area contributed by atoms with Crippen LogP contribution in [0.2, 0.25) is 0 Å². The van der Waals surface area contributed by atoms with Gasteiger partial charge in [-0.1, -0.05) is 6.07 Å². The fourth-order valence-electron chi connectivity index (χ4n) is 2.53. The lowest BCUT2D eigenvalue weighted by Gasteiger charge is -2.18. The van der Waals surface area contributed by atoms with Gasteiger partial charge in [-0.25, -0.2) is 0 Å². The van der Waals surface area contributed by atoms with E-state index in [1.54, 1.807) is 0 Å². The van der Waals surface area contributed by atoms with E-state index in [4.69, 9.17) is 18.6 Å². The molecule has 2 rings (SSSR count). The van der Waals surface area contributed by atoms with Crippen molar-refractivity contribution in [3.8, 4) is 17.2 Å². The Bertz CT molecular complexity index is 840. The Balaban J connectivity index is 2.62. The third-order valence-corrected chi connectivity index (χ3v) is 3.81. The Morgan fingerprint density at radius 3 is 2.54 bits per heavy atom. The van der Waals surface area contributed by atoms with Crippen LogP contribution in [0.1, 0.15) is 29.4 Å². The molecule has 2 aromatic rings. The molecule has 0 aliphatic rings. The summed E-state index contributed by atoms with van der Waals surface area (Å²) in [5, 5.41) is 20.0. The highest BCUT2D eigenvalue weighted by Crippen LogP contribution is 2.37. The van der Waals surface area contributed by atoms with Gasteiger partial charge in [-0.05, 0) is 17.7 Å². The zero-order chi connectivity index (χ0) is 19.3. The molecule has 8 nitrogen and oxygen atoms in total. The summed E-state index contributed by atoms with van der Waals surface area (Å²) in [6.45, 7) is 0.0202. The molecule has 0 unspecified atom stereocenters. The molecule has 0 spiro atoms. The maximum absolute atomic E-state index is 12.1. The maximum Gasteiger partial charge on any atom is 0.306 e. The second-order valence-corrected chi connectivity index (χ2v) is 5.49. The average Bonchev–Trinajstić information content (AvgIpc) is 2.63. The number of ether oxygens (including phenoxy) is 3. The van der Waals surface area contributed by atoms with Crippen molar-refractivity contribution in [3.05, 3.63) is 51.6 Å². The van der Waals surface area contributed by atoms with Gasteiger partial charge >= 0.3 is 5.97 Å². The van der Waals surface area contributed by atoms with Crippen LogP contribution in [0.3, 0.4) is 0 Å². The molecule has 1 aromatic heterocycles. The van der Waals surface area contributed by atoms with Gasteiger partial charge in [-0.2, -0.15) is 0 Å². The summed E-state index contributed by atoms with van der Waals surface area (Å²) in [5.41, 5.74) is -0.169. The van der Waals surface area contributed by atoms with Crippen LogP contribution < -0.4 is 10.2 Å². The normalized spacial score (nSPS) is 11.8. The number of phenols is 1. The quantitative estimate of drug-likeness (QED) is 0.716. The highest BCUT2D eigenvalue weighted by Gasteiger charge is 2.27. The molecule has 0 saturated carbocycles. The molecule has 1 aromatic carbocycles. The van der Waals surface area contributed by atoms with Crippen LogP contribution in [0, 0.1) is 0 Å². The summed E-state index contributed by atoms with van der Waals surface area (Å²) >= 11 is 0. The van der Waals surface area contributed by atoms with Crippen molar-refractivity contribution in [2.75, 3.05) is 21.3 Å². The van der Waals surface area contributed by atoms with Gasteiger partial charge in [0.2, 0.25) is 11.2 Å². The zero-order valence-corrected chi connectivity index (χ0v) is 14.6. The molecule has 0 bridgehead atoms. The van der Waals surface area contributed by atoms with Gasteiger partial charge in [0.25, 0.3) is 0 Å². The highest BCUT2D eigenvalue weighted by atomic mass is 16.5. The Hall–Kier alpha value is -3.00. The van der Waals surface area contributed by atoms with Crippen molar-refractivity contribution in [2.45, 2.75) is 18.9 Å². The van der Waals surface area contributed by atoms with Crippen LogP contribution in [0.5, 0.6) is 17.2 Å². The minimum Gasteiger partial charge on any atom is -0.504 e. The Labute approximate surface area is 149 Å². The first kappa shape index (κ1) is 19.3. The molecule has 0 radical (unpaired) electrons. The van der Waals surface area contributed by atoms with Crippen LogP contribution >= 0.6 is 0 Å². The number of hydrogen-bond acceptors (Lipinski definition) is 8. The number of rotatable bonds is 7. The van der Waals surface area contributed by atoms with Crippen LogP contribution in [-0.4, -0.2) is 37.5 Å². The van der Waals surface area contributed by atoms with Gasteiger partial charge in [-0.3, -0.25) is 9.59 Å². The molecule has 140 valence electrons. The predicted octanol–water partition coefficient (Wildman–Crippen LogP) is 1.90. The fraction of sp³-hybridized carbons (Fsp3) is 0.333. The standard InChI is InChI=1S/C18H20O8/c1-23-9-11-7-14(20)17(22)18(26-11)12(8-16(21)25-3)10-4-5-13(19)15(6-10)24-2/h4-7,12,19,22H,8-9H2,1-3H3/t12-/m0/s1. The highest BCUT2D eigenvalue weighted by molar-refractivity contribution is 5.71. The van der Waals surface area contributed by atoms with E-state index < -0.39 is 23.1 Å². The van der Waals surface area contributed by atoms with Crippen molar-refractivity contribution < 1.29 is 33.6 Å². The average molecular weight is 364 g/mol. The summed E-state index contributed by atoms with van der Waals surface area (Å²) in [7, 11) is 4.04. The zero-order valence-electron chi connectivity index (χ0n) is 14.6. The lowest BCUT2D eigenvalue weighted by molar-refractivity contribution is -0.140. The topological polar surface area (TPSA) is 115 Å². The molecule has 2 N–H and O–H groups in total. The van der Waals surface area contributed by atoms with E-state index in [2.05, 4.69) is 0 Å². The fourth-order valence-corrected chi connectivity index (χ4v) is 2.53. The lowest BCUT2D eigenvalue weighted by atomic mass is 9.92. The SMILES string of the molecule is COCc1cc(=O)c(O)c([C@@H](CC(=O)OC)c2ccc(O)c(OC)c2)o1. The van der Waals surface area contributed by atoms with Crippen molar-refractivity contribution in [3.63, 3.8) is 0 Å². The summed E-state index contributed by atoms with van der Waals surface area (Å²) in [6.07, 6.45) is -0.197. The lowest BCUT2D eigenvalue weighted by Crippen LogP contribution is -2.14. The first-order valence-electron chi connectivity index (χ1n) is 7.69. The molecular formula is C18H20O8. The molecule has 0 amide bonds. The van der Waals surface area contributed by atoms with E-state index in [-0.39, 0.29) is 36.0 Å². The first-order chi connectivity index (χ1) is 12.4. The maximum atomic E-state index is 12.1. The van der Waals surface area contributed by atoms with Crippen LogP contribution in [0.25, 0.3) is 0 Å². The van der Waals surface area contributed by atoms with Gasteiger partial charge < -0.3 is 28.8 Å².